The Morgan fingerprint density at radius 3 is 2.84 bits per heavy atom. The molecule has 104 valence electrons. The summed E-state index contributed by atoms with van der Waals surface area (Å²) in [6, 6.07) is 8.42. The number of hydrogen-bond acceptors (Lipinski definition) is 3. The molecule has 1 aliphatic rings. The fourth-order valence-corrected chi connectivity index (χ4v) is 2.30. The van der Waals surface area contributed by atoms with Crippen molar-refractivity contribution in [3.8, 4) is 0 Å². The lowest BCUT2D eigenvalue weighted by molar-refractivity contribution is -0.126. The monoisotopic (exact) mass is 261 g/mol. The molecule has 1 amide bonds. The van der Waals surface area contributed by atoms with Crippen LogP contribution >= 0.6 is 0 Å². The first kappa shape index (κ1) is 14.0. The molecule has 4 heteroatoms. The Labute approximate surface area is 115 Å². The van der Waals surface area contributed by atoms with E-state index in [4.69, 9.17) is 0 Å². The smallest absolute Gasteiger partial charge is 0.238 e. The number of rotatable bonds is 4. The van der Waals surface area contributed by atoms with E-state index < -0.39 is 0 Å². The summed E-state index contributed by atoms with van der Waals surface area (Å²) in [6.45, 7) is 5.41. The van der Waals surface area contributed by atoms with Crippen LogP contribution in [0.2, 0.25) is 0 Å². The number of nitrogens with one attached hydrogen (secondary N) is 2. The number of carbonyl (C=O) groups is 1. The average Bonchev–Trinajstić information content (AvgIpc) is 2.41. The maximum absolute atomic E-state index is 12.1. The lowest BCUT2D eigenvalue weighted by atomic mass is 10.1. The third kappa shape index (κ3) is 4.04. The summed E-state index contributed by atoms with van der Waals surface area (Å²) in [5.74, 6) is 0.127. The molecule has 1 fully saturated rings. The molecule has 2 rings (SSSR count). The fourth-order valence-electron chi connectivity index (χ4n) is 2.30. The van der Waals surface area contributed by atoms with Gasteiger partial charge in [0.25, 0.3) is 0 Å². The zero-order valence-corrected chi connectivity index (χ0v) is 11.8. The molecular weight excluding hydrogens is 238 g/mol. The minimum atomic E-state index is -0.0354. The highest BCUT2D eigenvalue weighted by molar-refractivity contribution is 5.82. The van der Waals surface area contributed by atoms with Crippen molar-refractivity contribution in [2.24, 2.45) is 0 Å². The van der Waals surface area contributed by atoms with Crippen LogP contribution in [0.3, 0.4) is 0 Å². The van der Waals surface area contributed by atoms with Gasteiger partial charge in [-0.1, -0.05) is 29.8 Å². The Balaban J connectivity index is 1.75. The van der Waals surface area contributed by atoms with Crippen molar-refractivity contribution >= 4 is 5.91 Å². The first-order valence-electron chi connectivity index (χ1n) is 6.91. The van der Waals surface area contributed by atoms with Crippen molar-refractivity contribution in [1.82, 2.24) is 15.5 Å². The zero-order valence-electron chi connectivity index (χ0n) is 11.8. The molecule has 4 nitrogen and oxygen atoms in total. The Bertz CT molecular complexity index is 416. The normalized spacial score (nSPS) is 20.2. The summed E-state index contributed by atoms with van der Waals surface area (Å²) in [7, 11) is 2.01. The van der Waals surface area contributed by atoms with E-state index in [-0.39, 0.29) is 11.9 Å². The van der Waals surface area contributed by atoms with E-state index in [2.05, 4.69) is 46.7 Å². The largest absolute Gasteiger partial charge is 0.354 e. The maximum Gasteiger partial charge on any atom is 0.238 e. The molecule has 0 aromatic heterocycles. The molecule has 1 saturated heterocycles. The van der Waals surface area contributed by atoms with Crippen LogP contribution in [0, 0.1) is 6.92 Å². The maximum atomic E-state index is 12.1. The van der Waals surface area contributed by atoms with Crippen LogP contribution in [0.5, 0.6) is 0 Å². The Kier molecular flexibility index (Phi) is 4.93. The number of carbonyl (C=O) groups excluding carboxylic acids is 1. The van der Waals surface area contributed by atoms with Gasteiger partial charge in [-0.2, -0.15) is 0 Å². The van der Waals surface area contributed by atoms with Crippen molar-refractivity contribution < 1.29 is 4.79 Å². The van der Waals surface area contributed by atoms with Gasteiger partial charge >= 0.3 is 0 Å². The Hall–Kier alpha value is -1.39. The summed E-state index contributed by atoms with van der Waals surface area (Å²) in [5, 5.41) is 6.28. The third-order valence-corrected chi connectivity index (χ3v) is 3.65. The summed E-state index contributed by atoms with van der Waals surface area (Å²) < 4.78 is 0. The van der Waals surface area contributed by atoms with Gasteiger partial charge in [0.2, 0.25) is 5.91 Å². The van der Waals surface area contributed by atoms with Crippen molar-refractivity contribution in [3.05, 3.63) is 35.4 Å². The van der Waals surface area contributed by atoms with Gasteiger partial charge < -0.3 is 10.6 Å². The van der Waals surface area contributed by atoms with Crippen LogP contribution in [0.1, 0.15) is 11.1 Å². The SMILES string of the molecule is Cc1ccc(CCNC(=O)C2CNCCN2C)cc1. The van der Waals surface area contributed by atoms with Crippen LogP contribution in [-0.4, -0.2) is 50.1 Å². The van der Waals surface area contributed by atoms with Gasteiger partial charge in [0.15, 0.2) is 0 Å². The van der Waals surface area contributed by atoms with Crippen molar-refractivity contribution in [2.75, 3.05) is 33.2 Å². The van der Waals surface area contributed by atoms with Crippen LogP contribution in [0.15, 0.2) is 24.3 Å². The minimum Gasteiger partial charge on any atom is -0.354 e. The Morgan fingerprint density at radius 1 is 1.42 bits per heavy atom. The molecule has 0 bridgehead atoms. The second kappa shape index (κ2) is 6.68. The first-order valence-corrected chi connectivity index (χ1v) is 6.91. The summed E-state index contributed by atoms with van der Waals surface area (Å²) in [5.41, 5.74) is 2.53. The zero-order chi connectivity index (χ0) is 13.7. The molecule has 0 spiro atoms. The van der Waals surface area contributed by atoms with Gasteiger partial charge in [0, 0.05) is 26.2 Å². The lowest BCUT2D eigenvalue weighted by Gasteiger charge is -2.31. The molecule has 0 saturated carbocycles. The lowest BCUT2D eigenvalue weighted by Crippen LogP contribution is -2.56. The summed E-state index contributed by atoms with van der Waals surface area (Å²) in [4.78, 5) is 14.2. The average molecular weight is 261 g/mol. The van der Waals surface area contributed by atoms with E-state index in [1.54, 1.807) is 0 Å². The molecule has 2 N–H and O–H groups in total. The van der Waals surface area contributed by atoms with Crippen LogP contribution < -0.4 is 10.6 Å². The Morgan fingerprint density at radius 2 is 2.16 bits per heavy atom. The van der Waals surface area contributed by atoms with E-state index in [1.807, 2.05) is 7.05 Å². The number of amides is 1. The second-order valence-corrected chi connectivity index (χ2v) is 5.23. The molecule has 19 heavy (non-hydrogen) atoms. The molecule has 1 aromatic rings. The standard InChI is InChI=1S/C15H23N3O/c1-12-3-5-13(6-4-12)7-8-17-15(19)14-11-16-9-10-18(14)2/h3-6,14,16H,7-11H2,1-2H3,(H,17,19). The van der Waals surface area contributed by atoms with Gasteiger partial charge in [-0.3, -0.25) is 9.69 Å². The second-order valence-electron chi connectivity index (χ2n) is 5.23. The van der Waals surface area contributed by atoms with Crippen LogP contribution in [0.25, 0.3) is 0 Å². The van der Waals surface area contributed by atoms with Crippen molar-refractivity contribution in [1.29, 1.82) is 0 Å². The molecule has 1 aromatic carbocycles. The number of hydrogen-bond donors (Lipinski definition) is 2. The first-order chi connectivity index (χ1) is 9.16. The molecule has 1 aliphatic heterocycles. The van der Waals surface area contributed by atoms with Gasteiger partial charge in [-0.25, -0.2) is 0 Å². The quantitative estimate of drug-likeness (QED) is 0.832. The highest BCUT2D eigenvalue weighted by atomic mass is 16.2. The predicted octanol–water partition coefficient (Wildman–Crippen LogP) is 0.557. The van der Waals surface area contributed by atoms with Crippen LogP contribution in [0.4, 0.5) is 0 Å². The van der Waals surface area contributed by atoms with E-state index >= 15 is 0 Å². The molecule has 0 aliphatic carbocycles. The van der Waals surface area contributed by atoms with E-state index in [0.29, 0.717) is 6.54 Å². The topological polar surface area (TPSA) is 44.4 Å². The predicted molar refractivity (Wildman–Crippen MR) is 77.2 cm³/mol. The van der Waals surface area contributed by atoms with E-state index in [0.717, 1.165) is 26.1 Å². The molecule has 1 heterocycles. The van der Waals surface area contributed by atoms with E-state index in [9.17, 15) is 4.79 Å². The number of piperazine rings is 1. The van der Waals surface area contributed by atoms with Crippen molar-refractivity contribution in [3.63, 3.8) is 0 Å². The molecule has 1 atom stereocenters. The third-order valence-electron chi connectivity index (χ3n) is 3.65. The molecule has 0 radical (unpaired) electrons. The van der Waals surface area contributed by atoms with Gasteiger partial charge in [-0.05, 0) is 26.0 Å². The number of nitrogens with zero attached hydrogens (tertiary/aromatic N) is 1. The molecular formula is C15H23N3O. The van der Waals surface area contributed by atoms with Gasteiger partial charge in [0.05, 0.1) is 0 Å². The highest BCUT2D eigenvalue weighted by Gasteiger charge is 2.24. The number of aryl methyl sites for hydroxylation is 1. The molecule has 1 unspecified atom stereocenters. The number of benzene rings is 1. The number of likely N-dealkylation sites (N-methyl/N-ethyl adjacent to an activating group) is 1. The summed E-state index contributed by atoms with van der Waals surface area (Å²) >= 11 is 0. The van der Waals surface area contributed by atoms with E-state index in [1.165, 1.54) is 11.1 Å². The fraction of sp³-hybridized carbons (Fsp3) is 0.533. The minimum absolute atomic E-state index is 0.0354. The summed E-state index contributed by atoms with van der Waals surface area (Å²) in [6.07, 6.45) is 0.885. The van der Waals surface area contributed by atoms with Gasteiger partial charge in [-0.15, -0.1) is 0 Å². The van der Waals surface area contributed by atoms with Gasteiger partial charge in [0.1, 0.15) is 6.04 Å². The van der Waals surface area contributed by atoms with Crippen molar-refractivity contribution in [2.45, 2.75) is 19.4 Å². The highest BCUT2D eigenvalue weighted by Crippen LogP contribution is 2.04. The van der Waals surface area contributed by atoms with Crippen LogP contribution in [-0.2, 0) is 11.2 Å².